The van der Waals surface area contributed by atoms with Crippen molar-refractivity contribution in [2.45, 2.75) is 109 Å². The fourth-order valence-electron chi connectivity index (χ4n) is 11.6. The van der Waals surface area contributed by atoms with Gasteiger partial charge in [0.1, 0.15) is 5.60 Å². The van der Waals surface area contributed by atoms with Crippen LogP contribution in [0.15, 0.2) is 23.0 Å². The zero-order chi connectivity index (χ0) is 29.3. The normalized spacial score (nSPS) is 41.8. The Morgan fingerprint density at radius 3 is 2.28 bits per heavy atom. The number of rotatable bonds is 12. The topological polar surface area (TPSA) is 47.3 Å². The lowest BCUT2D eigenvalue weighted by atomic mass is 9.44. The maximum atomic E-state index is 7.15. The SMILES string of the molecule is C[C@]12CC[C@H](OCCOCCN3CCCC3)CC1CC[C@@H]1[C@@H]2CC[C@@]2(C)[C@H]1CC[C@@]2(OCCN1CCCC1)c1ccoc1. The molecular formula is C37H60N2O4. The Morgan fingerprint density at radius 1 is 0.791 bits per heavy atom. The molecule has 6 heteroatoms. The molecule has 0 aromatic carbocycles. The Kier molecular flexibility index (Phi) is 9.33. The maximum absolute atomic E-state index is 7.15. The number of hydrogen-bond donors (Lipinski definition) is 0. The molecule has 4 aliphatic carbocycles. The zero-order valence-corrected chi connectivity index (χ0v) is 27.4. The minimum Gasteiger partial charge on any atom is -0.472 e. The molecule has 0 spiro atoms. The van der Waals surface area contributed by atoms with Crippen LogP contribution in [-0.2, 0) is 19.8 Å². The molecule has 2 aliphatic heterocycles. The first-order valence-electron chi connectivity index (χ1n) is 18.3. The number of nitrogens with zero attached hydrogens (tertiary/aromatic N) is 2. The van der Waals surface area contributed by atoms with Gasteiger partial charge in [-0.1, -0.05) is 13.8 Å². The molecule has 1 aromatic heterocycles. The Hall–Kier alpha value is -0.920. The molecule has 4 saturated carbocycles. The van der Waals surface area contributed by atoms with Crippen molar-refractivity contribution in [3.05, 3.63) is 24.2 Å². The summed E-state index contributed by atoms with van der Waals surface area (Å²) in [6.07, 6.45) is 21.4. The smallest absolute Gasteiger partial charge is 0.102 e. The molecule has 6 fully saturated rings. The standard InChI is InChI=1S/C37H60N2O4/c1-35-13-9-31(42-26-25-40-23-20-38-16-3-4-17-38)27-29(35)7-8-32-33(35)10-14-36(2)34(32)11-15-37(36,30-12-22-41-28-30)43-24-21-39-18-5-6-19-39/h12,22,28-29,31-34H,3-11,13-21,23-27H2,1-2H3/t29?,31-,32+,33-,34-,35-,36-,37+/m0/s1. The molecule has 0 N–H and O–H groups in total. The molecule has 242 valence electrons. The minimum absolute atomic E-state index is 0.182. The van der Waals surface area contributed by atoms with Gasteiger partial charge in [0.05, 0.1) is 45.1 Å². The summed E-state index contributed by atoms with van der Waals surface area (Å²) in [6, 6.07) is 2.22. The van der Waals surface area contributed by atoms with E-state index in [9.17, 15) is 0 Å². The van der Waals surface area contributed by atoms with Crippen molar-refractivity contribution in [3.8, 4) is 0 Å². The van der Waals surface area contributed by atoms with Gasteiger partial charge < -0.3 is 28.4 Å². The number of fused-ring (bicyclic) bond motifs is 5. The summed E-state index contributed by atoms with van der Waals surface area (Å²) < 4.78 is 25.3. The highest BCUT2D eigenvalue weighted by molar-refractivity contribution is 5.27. The number of likely N-dealkylation sites (tertiary alicyclic amines) is 2. The molecule has 0 radical (unpaired) electrons. The third kappa shape index (κ3) is 5.79. The van der Waals surface area contributed by atoms with Crippen LogP contribution in [0.5, 0.6) is 0 Å². The van der Waals surface area contributed by atoms with Gasteiger partial charge in [0, 0.05) is 24.1 Å². The van der Waals surface area contributed by atoms with Gasteiger partial charge in [-0.2, -0.15) is 0 Å². The lowest BCUT2D eigenvalue weighted by molar-refractivity contribution is -0.185. The Morgan fingerprint density at radius 2 is 1.53 bits per heavy atom. The van der Waals surface area contributed by atoms with Gasteiger partial charge in [0.2, 0.25) is 0 Å². The van der Waals surface area contributed by atoms with E-state index in [-0.39, 0.29) is 11.0 Å². The molecule has 0 bridgehead atoms. The van der Waals surface area contributed by atoms with Gasteiger partial charge in [0.25, 0.3) is 0 Å². The molecule has 6 nitrogen and oxygen atoms in total. The molecule has 6 aliphatic rings. The van der Waals surface area contributed by atoms with Gasteiger partial charge in [-0.05, 0) is 145 Å². The summed E-state index contributed by atoms with van der Waals surface area (Å²) in [6.45, 7) is 15.6. The van der Waals surface area contributed by atoms with E-state index in [4.69, 9.17) is 18.6 Å². The van der Waals surface area contributed by atoms with E-state index >= 15 is 0 Å². The highest BCUT2D eigenvalue weighted by atomic mass is 16.5. The lowest BCUT2D eigenvalue weighted by Crippen LogP contribution is -2.56. The van der Waals surface area contributed by atoms with Gasteiger partial charge in [-0.3, -0.25) is 0 Å². The van der Waals surface area contributed by atoms with E-state index in [1.807, 2.05) is 12.5 Å². The van der Waals surface area contributed by atoms with Crippen molar-refractivity contribution in [3.63, 3.8) is 0 Å². The number of furan rings is 1. The predicted molar refractivity (Wildman–Crippen MR) is 170 cm³/mol. The van der Waals surface area contributed by atoms with Gasteiger partial charge in [-0.15, -0.1) is 0 Å². The van der Waals surface area contributed by atoms with Crippen LogP contribution in [0.3, 0.4) is 0 Å². The van der Waals surface area contributed by atoms with E-state index in [0.29, 0.717) is 11.5 Å². The molecule has 1 aromatic rings. The predicted octanol–water partition coefficient (Wildman–Crippen LogP) is 7.13. The van der Waals surface area contributed by atoms with E-state index in [2.05, 4.69) is 29.7 Å². The Bertz CT molecular complexity index is 1020. The van der Waals surface area contributed by atoms with E-state index < -0.39 is 0 Å². The third-order valence-electron chi connectivity index (χ3n) is 14.0. The van der Waals surface area contributed by atoms with Gasteiger partial charge in [-0.25, -0.2) is 0 Å². The van der Waals surface area contributed by atoms with Crippen LogP contribution in [0, 0.1) is 34.5 Å². The highest BCUT2D eigenvalue weighted by Crippen LogP contribution is 2.71. The molecule has 0 amide bonds. The quantitative estimate of drug-likeness (QED) is 0.239. The second-order valence-electron chi connectivity index (χ2n) is 15.8. The largest absolute Gasteiger partial charge is 0.472 e. The first-order valence-corrected chi connectivity index (χ1v) is 18.3. The fraction of sp³-hybridized carbons (Fsp3) is 0.892. The summed E-state index contributed by atoms with van der Waals surface area (Å²) >= 11 is 0. The van der Waals surface area contributed by atoms with Crippen molar-refractivity contribution in [2.75, 3.05) is 65.7 Å². The van der Waals surface area contributed by atoms with E-state index in [1.54, 1.807) is 0 Å². The summed E-state index contributed by atoms with van der Waals surface area (Å²) in [4.78, 5) is 5.12. The van der Waals surface area contributed by atoms with Crippen molar-refractivity contribution in [1.29, 1.82) is 0 Å². The average Bonchev–Trinajstić information content (AvgIpc) is 3.83. The van der Waals surface area contributed by atoms with Gasteiger partial charge >= 0.3 is 0 Å². The molecule has 2 saturated heterocycles. The Balaban J connectivity index is 0.955. The van der Waals surface area contributed by atoms with Crippen LogP contribution in [0.25, 0.3) is 0 Å². The lowest BCUT2D eigenvalue weighted by Gasteiger charge is -2.62. The molecule has 8 atom stereocenters. The van der Waals surface area contributed by atoms with E-state index in [1.165, 1.54) is 109 Å². The average molecular weight is 597 g/mol. The second kappa shape index (κ2) is 13.1. The molecule has 7 rings (SSSR count). The fourth-order valence-corrected chi connectivity index (χ4v) is 11.6. The van der Waals surface area contributed by atoms with Gasteiger partial charge in [0.15, 0.2) is 0 Å². The zero-order valence-electron chi connectivity index (χ0n) is 27.4. The maximum Gasteiger partial charge on any atom is 0.102 e. The third-order valence-corrected chi connectivity index (χ3v) is 14.0. The summed E-state index contributed by atoms with van der Waals surface area (Å²) in [5.41, 5.74) is 1.75. The molecule has 1 unspecified atom stereocenters. The molecule has 43 heavy (non-hydrogen) atoms. The number of hydrogen-bond acceptors (Lipinski definition) is 6. The van der Waals surface area contributed by atoms with E-state index in [0.717, 1.165) is 69.6 Å². The first-order chi connectivity index (χ1) is 21.0. The summed E-state index contributed by atoms with van der Waals surface area (Å²) in [5, 5.41) is 0. The summed E-state index contributed by atoms with van der Waals surface area (Å²) in [5.74, 6) is 3.24. The van der Waals surface area contributed by atoms with Crippen LogP contribution in [0.4, 0.5) is 0 Å². The minimum atomic E-state index is -0.199. The molecular weight excluding hydrogens is 536 g/mol. The van der Waals surface area contributed by atoms with Crippen molar-refractivity contribution in [2.24, 2.45) is 34.5 Å². The van der Waals surface area contributed by atoms with Crippen molar-refractivity contribution < 1.29 is 18.6 Å². The summed E-state index contributed by atoms with van der Waals surface area (Å²) in [7, 11) is 0. The van der Waals surface area contributed by atoms with Crippen LogP contribution in [-0.4, -0.2) is 81.6 Å². The Labute approximate surface area is 261 Å². The number of ether oxygens (including phenoxy) is 3. The second-order valence-corrected chi connectivity index (χ2v) is 15.8. The van der Waals surface area contributed by atoms with Crippen LogP contribution >= 0.6 is 0 Å². The monoisotopic (exact) mass is 596 g/mol. The van der Waals surface area contributed by atoms with Crippen molar-refractivity contribution in [1.82, 2.24) is 9.80 Å². The van der Waals surface area contributed by atoms with Crippen LogP contribution < -0.4 is 0 Å². The first kappa shape index (κ1) is 30.7. The van der Waals surface area contributed by atoms with Crippen molar-refractivity contribution >= 4 is 0 Å². The van der Waals surface area contributed by atoms with Crippen LogP contribution in [0.1, 0.15) is 103 Å². The highest BCUT2D eigenvalue weighted by Gasteiger charge is 2.66. The van der Waals surface area contributed by atoms with Crippen LogP contribution in [0.2, 0.25) is 0 Å². The molecule has 3 heterocycles.